The number of carbonyl (C=O) groups is 1. The number of hydrogen-bond acceptors (Lipinski definition) is 5. The highest BCUT2D eigenvalue weighted by molar-refractivity contribution is 9.11. The van der Waals surface area contributed by atoms with Crippen molar-refractivity contribution in [3.8, 4) is 11.5 Å². The lowest BCUT2D eigenvalue weighted by atomic mass is 10.2. The molecule has 0 aliphatic rings. The van der Waals surface area contributed by atoms with E-state index in [1.54, 1.807) is 43.8 Å². The summed E-state index contributed by atoms with van der Waals surface area (Å²) in [6.45, 7) is 2.59. The monoisotopic (exact) mass is 412 g/mol. The van der Waals surface area contributed by atoms with E-state index in [1.165, 1.54) is 4.88 Å². The standard InChI is InChI=1S/C17H21BrN2O3S/c1-11(20(2)10-13-6-8-16(18)24-13)17(21)19-14-9-12(22-3)5-7-15(14)23-4/h5-9,11H,10H2,1-4H3,(H,19,21). The zero-order valence-electron chi connectivity index (χ0n) is 14.1. The van der Waals surface area contributed by atoms with Gasteiger partial charge in [0.15, 0.2) is 0 Å². The van der Waals surface area contributed by atoms with E-state index in [4.69, 9.17) is 9.47 Å². The molecule has 0 aliphatic carbocycles. The lowest BCUT2D eigenvalue weighted by Crippen LogP contribution is -2.39. The predicted molar refractivity (Wildman–Crippen MR) is 101 cm³/mol. The Morgan fingerprint density at radius 1 is 1.29 bits per heavy atom. The van der Waals surface area contributed by atoms with Crippen LogP contribution in [0.3, 0.4) is 0 Å². The molecule has 24 heavy (non-hydrogen) atoms. The van der Waals surface area contributed by atoms with Crippen molar-refractivity contribution in [2.45, 2.75) is 19.5 Å². The van der Waals surface area contributed by atoms with Crippen LogP contribution in [0.4, 0.5) is 5.69 Å². The molecule has 2 aromatic rings. The van der Waals surface area contributed by atoms with Crippen molar-refractivity contribution < 1.29 is 14.3 Å². The fourth-order valence-corrected chi connectivity index (χ4v) is 3.72. The van der Waals surface area contributed by atoms with Gasteiger partial charge in [0, 0.05) is 17.5 Å². The van der Waals surface area contributed by atoms with Crippen molar-refractivity contribution in [1.29, 1.82) is 0 Å². The second-order valence-corrected chi connectivity index (χ2v) is 7.90. The fourth-order valence-electron chi connectivity index (χ4n) is 2.17. The van der Waals surface area contributed by atoms with E-state index in [1.807, 2.05) is 24.9 Å². The Hall–Kier alpha value is -1.57. The van der Waals surface area contributed by atoms with E-state index in [2.05, 4.69) is 27.3 Å². The molecule has 0 spiro atoms. The van der Waals surface area contributed by atoms with Gasteiger partial charge in [-0.05, 0) is 54.2 Å². The zero-order valence-corrected chi connectivity index (χ0v) is 16.5. The van der Waals surface area contributed by atoms with Gasteiger partial charge in [0.05, 0.1) is 29.7 Å². The highest BCUT2D eigenvalue weighted by Gasteiger charge is 2.20. The minimum Gasteiger partial charge on any atom is -0.497 e. The van der Waals surface area contributed by atoms with Crippen molar-refractivity contribution in [3.05, 3.63) is 39.0 Å². The maximum Gasteiger partial charge on any atom is 0.241 e. The summed E-state index contributed by atoms with van der Waals surface area (Å²) in [5, 5.41) is 2.92. The van der Waals surface area contributed by atoms with Gasteiger partial charge in [0.25, 0.3) is 0 Å². The Labute approximate surface area is 154 Å². The Morgan fingerprint density at radius 3 is 2.62 bits per heavy atom. The Balaban J connectivity index is 2.05. The molecule has 1 unspecified atom stereocenters. The number of halogens is 1. The number of likely N-dealkylation sites (N-methyl/N-ethyl adjacent to an activating group) is 1. The van der Waals surface area contributed by atoms with Gasteiger partial charge in [-0.1, -0.05) is 0 Å². The third-order valence-electron chi connectivity index (χ3n) is 3.74. The fraction of sp³-hybridized carbons (Fsp3) is 0.353. The molecule has 1 atom stereocenters. The molecule has 130 valence electrons. The quantitative estimate of drug-likeness (QED) is 0.746. The average Bonchev–Trinajstić information content (AvgIpc) is 2.98. The summed E-state index contributed by atoms with van der Waals surface area (Å²) in [7, 11) is 5.09. The van der Waals surface area contributed by atoms with Crippen molar-refractivity contribution in [1.82, 2.24) is 4.90 Å². The largest absolute Gasteiger partial charge is 0.497 e. The van der Waals surface area contributed by atoms with Gasteiger partial charge in [0.1, 0.15) is 11.5 Å². The molecule has 0 fully saturated rings. The maximum absolute atomic E-state index is 12.6. The number of anilines is 1. The van der Waals surface area contributed by atoms with Gasteiger partial charge in [-0.15, -0.1) is 11.3 Å². The van der Waals surface area contributed by atoms with Crippen LogP contribution in [0.1, 0.15) is 11.8 Å². The molecule has 7 heteroatoms. The van der Waals surface area contributed by atoms with Crippen LogP contribution in [0, 0.1) is 0 Å². The molecule has 0 saturated carbocycles. The van der Waals surface area contributed by atoms with Crippen molar-refractivity contribution in [2.75, 3.05) is 26.6 Å². The van der Waals surface area contributed by atoms with E-state index >= 15 is 0 Å². The molecule has 1 aromatic heterocycles. The molecule has 0 aliphatic heterocycles. The summed E-state index contributed by atoms with van der Waals surface area (Å²) in [4.78, 5) is 15.8. The molecule has 1 aromatic carbocycles. The third-order valence-corrected chi connectivity index (χ3v) is 5.35. The van der Waals surface area contributed by atoms with Gasteiger partial charge in [-0.25, -0.2) is 0 Å². The van der Waals surface area contributed by atoms with Gasteiger partial charge in [0.2, 0.25) is 5.91 Å². The third kappa shape index (κ3) is 4.72. The number of ether oxygens (including phenoxy) is 2. The van der Waals surface area contributed by atoms with Crippen LogP contribution in [0.25, 0.3) is 0 Å². The predicted octanol–water partition coefficient (Wildman–Crippen LogP) is 3.99. The topological polar surface area (TPSA) is 50.8 Å². The summed E-state index contributed by atoms with van der Waals surface area (Å²) in [6, 6.07) is 9.09. The summed E-state index contributed by atoms with van der Waals surface area (Å²) >= 11 is 5.12. The first-order chi connectivity index (χ1) is 11.4. The normalized spacial score (nSPS) is 12.1. The Kier molecular flexibility index (Phi) is 6.65. The molecular weight excluding hydrogens is 392 g/mol. The second kappa shape index (κ2) is 8.50. The molecule has 5 nitrogen and oxygen atoms in total. The molecule has 1 amide bonds. The van der Waals surface area contributed by atoms with E-state index in [0.717, 1.165) is 3.79 Å². The van der Waals surface area contributed by atoms with Crippen LogP contribution in [-0.2, 0) is 11.3 Å². The Morgan fingerprint density at radius 2 is 2.04 bits per heavy atom. The first-order valence-corrected chi connectivity index (χ1v) is 9.03. The average molecular weight is 413 g/mol. The number of thiophene rings is 1. The summed E-state index contributed by atoms with van der Waals surface area (Å²) in [5.74, 6) is 1.16. The molecule has 0 saturated heterocycles. The SMILES string of the molecule is COc1ccc(OC)c(NC(=O)C(C)N(C)Cc2ccc(Br)s2)c1. The van der Waals surface area contributed by atoms with Gasteiger partial charge in [-0.2, -0.15) is 0 Å². The first-order valence-electron chi connectivity index (χ1n) is 7.42. The van der Waals surface area contributed by atoms with Crippen molar-refractivity contribution >= 4 is 38.9 Å². The number of carbonyl (C=O) groups excluding carboxylic acids is 1. The number of rotatable bonds is 7. The minimum absolute atomic E-state index is 0.0975. The van der Waals surface area contributed by atoms with Crippen LogP contribution in [0.2, 0.25) is 0 Å². The van der Waals surface area contributed by atoms with Crippen molar-refractivity contribution in [3.63, 3.8) is 0 Å². The van der Waals surface area contributed by atoms with E-state index in [9.17, 15) is 4.79 Å². The number of methoxy groups -OCH3 is 2. The number of nitrogens with one attached hydrogen (secondary N) is 1. The summed E-state index contributed by atoms with van der Waals surface area (Å²) in [5.41, 5.74) is 0.598. The Bertz CT molecular complexity index is 705. The first kappa shape index (κ1) is 18.8. The molecule has 0 bridgehead atoms. The van der Waals surface area contributed by atoms with E-state index in [-0.39, 0.29) is 11.9 Å². The number of benzene rings is 1. The van der Waals surface area contributed by atoms with Crippen molar-refractivity contribution in [2.24, 2.45) is 0 Å². The molecule has 2 rings (SSSR count). The summed E-state index contributed by atoms with van der Waals surface area (Å²) < 4.78 is 11.6. The second-order valence-electron chi connectivity index (χ2n) is 5.35. The number of amides is 1. The number of nitrogens with zero attached hydrogens (tertiary/aromatic N) is 1. The zero-order chi connectivity index (χ0) is 17.7. The van der Waals surface area contributed by atoms with E-state index in [0.29, 0.717) is 23.7 Å². The van der Waals surface area contributed by atoms with Crippen LogP contribution in [0.5, 0.6) is 11.5 Å². The van der Waals surface area contributed by atoms with Crippen LogP contribution in [0.15, 0.2) is 34.1 Å². The lowest BCUT2D eigenvalue weighted by molar-refractivity contribution is -0.120. The molecule has 1 heterocycles. The molecule has 1 N–H and O–H groups in total. The van der Waals surface area contributed by atoms with Crippen LogP contribution < -0.4 is 14.8 Å². The van der Waals surface area contributed by atoms with Gasteiger partial charge >= 0.3 is 0 Å². The smallest absolute Gasteiger partial charge is 0.241 e. The lowest BCUT2D eigenvalue weighted by Gasteiger charge is -2.23. The highest BCUT2D eigenvalue weighted by Crippen LogP contribution is 2.29. The number of hydrogen-bond donors (Lipinski definition) is 1. The van der Waals surface area contributed by atoms with Crippen LogP contribution >= 0.6 is 27.3 Å². The van der Waals surface area contributed by atoms with E-state index < -0.39 is 0 Å². The highest BCUT2D eigenvalue weighted by atomic mass is 79.9. The van der Waals surface area contributed by atoms with Gasteiger partial charge in [-0.3, -0.25) is 9.69 Å². The van der Waals surface area contributed by atoms with Crippen LogP contribution in [-0.4, -0.2) is 38.1 Å². The molecule has 0 radical (unpaired) electrons. The summed E-state index contributed by atoms with van der Waals surface area (Å²) in [6.07, 6.45) is 0. The maximum atomic E-state index is 12.6. The minimum atomic E-state index is -0.290. The molecular formula is C17H21BrN2O3S. The van der Waals surface area contributed by atoms with Gasteiger partial charge < -0.3 is 14.8 Å².